The summed E-state index contributed by atoms with van der Waals surface area (Å²) in [7, 11) is 1.63. The molecule has 5 heteroatoms. The monoisotopic (exact) mass is 240 g/mol. The smallest absolute Gasteiger partial charge is 0.183 e. The Balaban J connectivity index is 2.65. The third kappa shape index (κ3) is 4.70. The fourth-order valence-electron chi connectivity index (χ4n) is 1.35. The summed E-state index contributed by atoms with van der Waals surface area (Å²) in [4.78, 5) is 0. The summed E-state index contributed by atoms with van der Waals surface area (Å²) in [5.41, 5.74) is 11.7. The Labute approximate surface area is 102 Å². The number of methoxy groups -OCH3 is 1. The van der Waals surface area contributed by atoms with E-state index < -0.39 is 6.29 Å². The molecule has 0 saturated heterocycles. The normalized spacial score (nSPS) is 10.8. The van der Waals surface area contributed by atoms with Crippen LogP contribution in [0.15, 0.2) is 24.3 Å². The van der Waals surface area contributed by atoms with Gasteiger partial charge in [-0.25, -0.2) is 0 Å². The summed E-state index contributed by atoms with van der Waals surface area (Å²) in [6, 6.07) is 7.52. The predicted molar refractivity (Wildman–Crippen MR) is 65.7 cm³/mol. The SMILES string of the molecule is COc1ccc(C(OCCN)OCCN)cc1. The Kier molecular flexibility index (Phi) is 6.57. The lowest BCUT2D eigenvalue weighted by Crippen LogP contribution is -2.18. The highest BCUT2D eigenvalue weighted by atomic mass is 16.7. The summed E-state index contributed by atoms with van der Waals surface area (Å²) in [5, 5.41) is 0. The van der Waals surface area contributed by atoms with Crippen molar-refractivity contribution in [2.24, 2.45) is 11.5 Å². The average Bonchev–Trinajstić information content (AvgIpc) is 2.39. The Morgan fingerprint density at radius 3 is 1.94 bits per heavy atom. The molecule has 4 N–H and O–H groups in total. The minimum Gasteiger partial charge on any atom is -0.497 e. The number of hydrogen-bond donors (Lipinski definition) is 2. The van der Waals surface area contributed by atoms with Crippen LogP contribution in [0.5, 0.6) is 5.75 Å². The Morgan fingerprint density at radius 2 is 1.53 bits per heavy atom. The lowest BCUT2D eigenvalue weighted by atomic mass is 10.2. The van der Waals surface area contributed by atoms with E-state index in [0.717, 1.165) is 11.3 Å². The van der Waals surface area contributed by atoms with E-state index in [1.165, 1.54) is 0 Å². The second-order valence-corrected chi connectivity index (χ2v) is 3.42. The van der Waals surface area contributed by atoms with Gasteiger partial charge in [0.05, 0.1) is 20.3 Å². The van der Waals surface area contributed by atoms with Crippen LogP contribution < -0.4 is 16.2 Å². The van der Waals surface area contributed by atoms with Gasteiger partial charge < -0.3 is 25.7 Å². The van der Waals surface area contributed by atoms with Gasteiger partial charge in [0.25, 0.3) is 0 Å². The van der Waals surface area contributed by atoms with Crippen molar-refractivity contribution in [3.8, 4) is 5.75 Å². The molecule has 0 aliphatic heterocycles. The van der Waals surface area contributed by atoms with Gasteiger partial charge in [-0.1, -0.05) is 12.1 Å². The topological polar surface area (TPSA) is 79.7 Å². The molecule has 96 valence electrons. The van der Waals surface area contributed by atoms with Gasteiger partial charge in [-0.3, -0.25) is 0 Å². The largest absolute Gasteiger partial charge is 0.497 e. The van der Waals surface area contributed by atoms with Gasteiger partial charge in [0.1, 0.15) is 5.75 Å². The fraction of sp³-hybridized carbons (Fsp3) is 0.500. The van der Waals surface area contributed by atoms with Crippen LogP contribution in [-0.4, -0.2) is 33.4 Å². The molecule has 0 radical (unpaired) electrons. The molecule has 1 aromatic rings. The molecule has 0 heterocycles. The molecule has 0 bridgehead atoms. The second kappa shape index (κ2) is 8.03. The molecule has 5 nitrogen and oxygen atoms in total. The van der Waals surface area contributed by atoms with Crippen molar-refractivity contribution in [2.75, 3.05) is 33.4 Å². The van der Waals surface area contributed by atoms with Crippen LogP contribution in [0.2, 0.25) is 0 Å². The van der Waals surface area contributed by atoms with Crippen LogP contribution in [0.1, 0.15) is 11.9 Å². The first kappa shape index (κ1) is 13.9. The van der Waals surface area contributed by atoms with Crippen molar-refractivity contribution in [3.63, 3.8) is 0 Å². The average molecular weight is 240 g/mol. The molecule has 0 fully saturated rings. The van der Waals surface area contributed by atoms with Gasteiger partial charge in [0.2, 0.25) is 0 Å². The van der Waals surface area contributed by atoms with E-state index in [-0.39, 0.29) is 0 Å². The van der Waals surface area contributed by atoms with Crippen LogP contribution in [-0.2, 0) is 9.47 Å². The lowest BCUT2D eigenvalue weighted by Gasteiger charge is -2.18. The van der Waals surface area contributed by atoms with Gasteiger partial charge in [0.15, 0.2) is 6.29 Å². The summed E-state index contributed by atoms with van der Waals surface area (Å²) in [6.07, 6.45) is -0.423. The number of rotatable bonds is 8. The van der Waals surface area contributed by atoms with Crippen LogP contribution in [0.3, 0.4) is 0 Å². The van der Waals surface area contributed by atoms with E-state index in [4.69, 9.17) is 25.7 Å². The zero-order chi connectivity index (χ0) is 12.5. The number of benzene rings is 1. The zero-order valence-electron chi connectivity index (χ0n) is 10.1. The third-order valence-electron chi connectivity index (χ3n) is 2.16. The van der Waals surface area contributed by atoms with Gasteiger partial charge in [0, 0.05) is 18.7 Å². The van der Waals surface area contributed by atoms with Crippen LogP contribution in [0, 0.1) is 0 Å². The van der Waals surface area contributed by atoms with Crippen molar-refractivity contribution in [1.29, 1.82) is 0 Å². The minimum absolute atomic E-state index is 0.423. The quantitative estimate of drug-likeness (QED) is 0.652. The molecule has 0 unspecified atom stereocenters. The Morgan fingerprint density at radius 1 is 1.00 bits per heavy atom. The van der Waals surface area contributed by atoms with Crippen LogP contribution in [0.25, 0.3) is 0 Å². The minimum atomic E-state index is -0.423. The van der Waals surface area contributed by atoms with Crippen molar-refractivity contribution in [2.45, 2.75) is 6.29 Å². The number of hydrogen-bond acceptors (Lipinski definition) is 5. The van der Waals surface area contributed by atoms with E-state index in [0.29, 0.717) is 26.3 Å². The first-order chi connectivity index (χ1) is 8.31. The maximum Gasteiger partial charge on any atom is 0.183 e. The van der Waals surface area contributed by atoms with Gasteiger partial charge in [-0.05, 0) is 12.1 Å². The maximum atomic E-state index is 5.51. The zero-order valence-corrected chi connectivity index (χ0v) is 10.1. The van der Waals surface area contributed by atoms with Crippen LogP contribution >= 0.6 is 0 Å². The second-order valence-electron chi connectivity index (χ2n) is 3.42. The van der Waals surface area contributed by atoms with E-state index in [2.05, 4.69) is 0 Å². The summed E-state index contributed by atoms with van der Waals surface area (Å²) < 4.78 is 16.1. The van der Waals surface area contributed by atoms with Gasteiger partial charge in [-0.15, -0.1) is 0 Å². The van der Waals surface area contributed by atoms with E-state index >= 15 is 0 Å². The molecule has 0 aromatic heterocycles. The van der Waals surface area contributed by atoms with Crippen LogP contribution in [0.4, 0.5) is 0 Å². The number of nitrogens with two attached hydrogens (primary N) is 2. The lowest BCUT2D eigenvalue weighted by molar-refractivity contribution is -0.142. The molecule has 0 saturated carbocycles. The molecular formula is C12H20N2O3. The Hall–Kier alpha value is -1.14. The summed E-state index contributed by atoms with van der Waals surface area (Å²) in [5.74, 6) is 0.796. The molecule has 1 aromatic carbocycles. The first-order valence-corrected chi connectivity index (χ1v) is 5.59. The standard InChI is InChI=1S/C12H20N2O3/c1-15-11-4-2-10(3-5-11)12(16-8-6-13)17-9-7-14/h2-5,12H,6-9,13-14H2,1H3. The molecule has 0 aliphatic rings. The highest BCUT2D eigenvalue weighted by molar-refractivity contribution is 5.27. The van der Waals surface area contributed by atoms with E-state index in [1.807, 2.05) is 24.3 Å². The van der Waals surface area contributed by atoms with Crippen molar-refractivity contribution < 1.29 is 14.2 Å². The van der Waals surface area contributed by atoms with Gasteiger partial charge in [-0.2, -0.15) is 0 Å². The fourth-order valence-corrected chi connectivity index (χ4v) is 1.35. The molecule has 0 spiro atoms. The molecule has 0 atom stereocenters. The van der Waals surface area contributed by atoms with Gasteiger partial charge >= 0.3 is 0 Å². The maximum absolute atomic E-state index is 5.51. The predicted octanol–water partition coefficient (Wildman–Crippen LogP) is 0.644. The first-order valence-electron chi connectivity index (χ1n) is 5.59. The Bertz CT molecular complexity index is 295. The highest BCUT2D eigenvalue weighted by Gasteiger charge is 2.11. The van der Waals surface area contributed by atoms with Crippen molar-refractivity contribution >= 4 is 0 Å². The van der Waals surface area contributed by atoms with E-state index in [1.54, 1.807) is 7.11 Å². The van der Waals surface area contributed by atoms with Crippen molar-refractivity contribution in [1.82, 2.24) is 0 Å². The highest BCUT2D eigenvalue weighted by Crippen LogP contribution is 2.21. The summed E-state index contributed by atoms with van der Waals surface area (Å²) in [6.45, 7) is 1.81. The van der Waals surface area contributed by atoms with E-state index in [9.17, 15) is 0 Å². The molecule has 0 aliphatic carbocycles. The van der Waals surface area contributed by atoms with Crippen molar-refractivity contribution in [3.05, 3.63) is 29.8 Å². The molecule has 1 rings (SSSR count). The number of ether oxygens (including phenoxy) is 3. The molecule has 17 heavy (non-hydrogen) atoms. The molecule has 0 amide bonds. The molecular weight excluding hydrogens is 220 g/mol. The summed E-state index contributed by atoms with van der Waals surface area (Å²) >= 11 is 0. The third-order valence-corrected chi connectivity index (χ3v) is 2.16.